The van der Waals surface area contributed by atoms with Gasteiger partial charge >= 0.3 is 0 Å². The van der Waals surface area contributed by atoms with E-state index in [1.807, 2.05) is 0 Å². The van der Waals surface area contributed by atoms with Crippen LogP contribution in [0.3, 0.4) is 0 Å². The van der Waals surface area contributed by atoms with Crippen molar-refractivity contribution in [2.24, 2.45) is 0 Å². The molecule has 0 amide bonds. The highest BCUT2D eigenvalue weighted by atomic mass is 19.1. The van der Waals surface area contributed by atoms with Crippen LogP contribution in [0, 0.1) is 11.6 Å². The van der Waals surface area contributed by atoms with Gasteiger partial charge in [0.1, 0.15) is 11.6 Å². The molecule has 1 atom stereocenters. The molecule has 1 saturated heterocycles. The van der Waals surface area contributed by atoms with Crippen LogP contribution in [0.5, 0.6) is 0 Å². The van der Waals surface area contributed by atoms with Gasteiger partial charge in [0.15, 0.2) is 0 Å². The second-order valence-electron chi connectivity index (χ2n) is 5.26. The standard InChI is InChI=1S/C15H22F2N2/c1-2-7-18-14-4-3-8-19(11-14)10-12-5-6-13(16)9-15(12)17/h5-6,9,14,18H,2-4,7-8,10-11H2,1H3. The van der Waals surface area contributed by atoms with E-state index in [1.165, 1.54) is 12.5 Å². The molecule has 0 aliphatic carbocycles. The Bertz CT molecular complexity index is 409. The van der Waals surface area contributed by atoms with E-state index in [1.54, 1.807) is 6.07 Å². The molecule has 1 aliphatic rings. The molecule has 0 aromatic heterocycles. The van der Waals surface area contributed by atoms with Crippen LogP contribution in [-0.2, 0) is 6.54 Å². The highest BCUT2D eigenvalue weighted by molar-refractivity contribution is 5.18. The number of hydrogen-bond donors (Lipinski definition) is 1. The van der Waals surface area contributed by atoms with Crippen molar-refractivity contribution in [1.82, 2.24) is 10.2 Å². The molecule has 2 rings (SSSR count). The van der Waals surface area contributed by atoms with Gasteiger partial charge in [0, 0.05) is 30.8 Å². The Hall–Kier alpha value is -1.00. The number of piperidine rings is 1. The van der Waals surface area contributed by atoms with E-state index < -0.39 is 11.6 Å². The zero-order valence-electron chi connectivity index (χ0n) is 11.5. The van der Waals surface area contributed by atoms with Gasteiger partial charge in [-0.05, 0) is 38.4 Å². The summed E-state index contributed by atoms with van der Waals surface area (Å²) in [7, 11) is 0. The summed E-state index contributed by atoms with van der Waals surface area (Å²) in [6.45, 7) is 5.68. The average Bonchev–Trinajstić information content (AvgIpc) is 2.40. The van der Waals surface area contributed by atoms with Gasteiger partial charge < -0.3 is 5.32 Å². The first-order valence-electron chi connectivity index (χ1n) is 7.08. The normalized spacial score (nSPS) is 20.7. The lowest BCUT2D eigenvalue weighted by atomic mass is 10.0. The van der Waals surface area contributed by atoms with Gasteiger partial charge in [0.25, 0.3) is 0 Å². The van der Waals surface area contributed by atoms with Crippen LogP contribution in [0.25, 0.3) is 0 Å². The topological polar surface area (TPSA) is 15.3 Å². The van der Waals surface area contributed by atoms with Crippen LogP contribution in [0.1, 0.15) is 31.7 Å². The van der Waals surface area contributed by atoms with E-state index in [9.17, 15) is 8.78 Å². The highest BCUT2D eigenvalue weighted by Crippen LogP contribution is 2.16. The quantitative estimate of drug-likeness (QED) is 0.883. The number of likely N-dealkylation sites (tertiary alicyclic amines) is 1. The van der Waals surface area contributed by atoms with Crippen molar-refractivity contribution < 1.29 is 8.78 Å². The molecular formula is C15H22F2N2. The summed E-state index contributed by atoms with van der Waals surface area (Å²) in [6, 6.07) is 4.34. The molecule has 1 fully saturated rings. The average molecular weight is 268 g/mol. The molecule has 1 aromatic carbocycles. The molecule has 0 saturated carbocycles. The van der Waals surface area contributed by atoms with Crippen LogP contribution < -0.4 is 5.32 Å². The van der Waals surface area contributed by atoms with Crippen LogP contribution in [0.2, 0.25) is 0 Å². The van der Waals surface area contributed by atoms with Crippen LogP contribution in [0.4, 0.5) is 8.78 Å². The van der Waals surface area contributed by atoms with Crippen LogP contribution >= 0.6 is 0 Å². The van der Waals surface area contributed by atoms with E-state index in [0.29, 0.717) is 18.2 Å². The molecule has 19 heavy (non-hydrogen) atoms. The fraction of sp³-hybridized carbons (Fsp3) is 0.600. The van der Waals surface area contributed by atoms with Gasteiger partial charge in [-0.1, -0.05) is 13.0 Å². The summed E-state index contributed by atoms with van der Waals surface area (Å²) in [5.74, 6) is -0.953. The van der Waals surface area contributed by atoms with Crippen molar-refractivity contribution >= 4 is 0 Å². The Labute approximate surface area is 113 Å². The molecule has 106 valence electrons. The zero-order valence-corrected chi connectivity index (χ0v) is 11.5. The number of nitrogens with zero attached hydrogens (tertiary/aromatic N) is 1. The first-order chi connectivity index (χ1) is 9.19. The van der Waals surface area contributed by atoms with E-state index in [-0.39, 0.29) is 0 Å². The SMILES string of the molecule is CCCNC1CCCN(Cc2ccc(F)cc2F)C1. The maximum Gasteiger partial charge on any atom is 0.130 e. The monoisotopic (exact) mass is 268 g/mol. The zero-order chi connectivity index (χ0) is 13.7. The van der Waals surface area contributed by atoms with E-state index in [0.717, 1.165) is 38.5 Å². The lowest BCUT2D eigenvalue weighted by Gasteiger charge is -2.33. The Morgan fingerprint density at radius 2 is 2.21 bits per heavy atom. The van der Waals surface area contributed by atoms with Gasteiger partial charge in [0.2, 0.25) is 0 Å². The van der Waals surface area contributed by atoms with Gasteiger partial charge in [0.05, 0.1) is 0 Å². The molecule has 0 radical (unpaired) electrons. The summed E-state index contributed by atoms with van der Waals surface area (Å²) in [4.78, 5) is 2.24. The fourth-order valence-corrected chi connectivity index (χ4v) is 2.61. The van der Waals surface area contributed by atoms with Gasteiger partial charge in [-0.25, -0.2) is 8.78 Å². The number of hydrogen-bond acceptors (Lipinski definition) is 2. The maximum atomic E-state index is 13.6. The summed E-state index contributed by atoms with van der Waals surface area (Å²) in [6.07, 6.45) is 3.44. The van der Waals surface area contributed by atoms with E-state index >= 15 is 0 Å². The summed E-state index contributed by atoms with van der Waals surface area (Å²) in [5.41, 5.74) is 0.581. The number of rotatable bonds is 5. The summed E-state index contributed by atoms with van der Waals surface area (Å²) < 4.78 is 26.5. The first-order valence-corrected chi connectivity index (χ1v) is 7.08. The van der Waals surface area contributed by atoms with Gasteiger partial charge in [-0.15, -0.1) is 0 Å². The van der Waals surface area contributed by atoms with Gasteiger partial charge in [-0.2, -0.15) is 0 Å². The van der Waals surface area contributed by atoms with Crippen molar-refractivity contribution in [3.63, 3.8) is 0 Å². The minimum atomic E-state index is -0.512. The molecule has 1 N–H and O–H groups in total. The van der Waals surface area contributed by atoms with Crippen molar-refractivity contribution in [2.45, 2.75) is 38.8 Å². The third-order valence-electron chi connectivity index (χ3n) is 3.60. The molecule has 1 aromatic rings. The number of halogens is 2. The largest absolute Gasteiger partial charge is 0.313 e. The van der Waals surface area contributed by atoms with Crippen LogP contribution in [-0.4, -0.2) is 30.6 Å². The Morgan fingerprint density at radius 3 is 2.95 bits per heavy atom. The lowest BCUT2D eigenvalue weighted by molar-refractivity contribution is 0.182. The van der Waals surface area contributed by atoms with Gasteiger partial charge in [-0.3, -0.25) is 4.90 Å². The van der Waals surface area contributed by atoms with E-state index in [2.05, 4.69) is 17.1 Å². The van der Waals surface area contributed by atoms with E-state index in [4.69, 9.17) is 0 Å². The molecule has 1 aliphatic heterocycles. The molecule has 1 unspecified atom stereocenters. The van der Waals surface area contributed by atoms with Crippen molar-refractivity contribution in [3.05, 3.63) is 35.4 Å². The predicted octanol–water partition coefficient (Wildman–Crippen LogP) is 2.93. The third-order valence-corrected chi connectivity index (χ3v) is 3.60. The molecule has 4 heteroatoms. The Kier molecular flexibility index (Phi) is 5.28. The number of benzene rings is 1. The Balaban J connectivity index is 1.91. The molecular weight excluding hydrogens is 246 g/mol. The molecule has 0 spiro atoms. The maximum absolute atomic E-state index is 13.6. The lowest BCUT2D eigenvalue weighted by Crippen LogP contribution is -2.45. The van der Waals surface area contributed by atoms with Crippen molar-refractivity contribution in [3.8, 4) is 0 Å². The minimum absolute atomic E-state index is 0.441. The summed E-state index contributed by atoms with van der Waals surface area (Å²) >= 11 is 0. The van der Waals surface area contributed by atoms with Crippen molar-refractivity contribution in [2.75, 3.05) is 19.6 Å². The minimum Gasteiger partial charge on any atom is -0.313 e. The molecule has 1 heterocycles. The second-order valence-corrected chi connectivity index (χ2v) is 5.26. The summed E-state index contributed by atoms with van der Waals surface area (Å²) in [5, 5.41) is 3.52. The molecule has 0 bridgehead atoms. The molecule has 2 nitrogen and oxygen atoms in total. The highest BCUT2D eigenvalue weighted by Gasteiger charge is 2.20. The first kappa shape index (κ1) is 14.4. The Morgan fingerprint density at radius 1 is 1.37 bits per heavy atom. The predicted molar refractivity (Wildman–Crippen MR) is 73.0 cm³/mol. The number of nitrogens with one attached hydrogen (secondary N) is 1. The fourth-order valence-electron chi connectivity index (χ4n) is 2.61. The van der Waals surface area contributed by atoms with Crippen molar-refractivity contribution in [1.29, 1.82) is 0 Å². The smallest absolute Gasteiger partial charge is 0.130 e. The van der Waals surface area contributed by atoms with Crippen LogP contribution in [0.15, 0.2) is 18.2 Å². The second kappa shape index (κ2) is 6.96. The third kappa shape index (κ3) is 4.25.